The Labute approximate surface area is 99.7 Å². The molecule has 0 atom stereocenters. The monoisotopic (exact) mass is 226 g/mol. The quantitative estimate of drug-likeness (QED) is 0.804. The lowest BCUT2D eigenvalue weighted by Crippen LogP contribution is -2.36. The van der Waals surface area contributed by atoms with E-state index in [0.717, 1.165) is 17.9 Å². The van der Waals surface area contributed by atoms with Crippen LogP contribution in [-0.4, -0.2) is 29.0 Å². The lowest BCUT2D eigenvalue weighted by molar-refractivity contribution is 0.549. The molecule has 0 amide bonds. The van der Waals surface area contributed by atoms with Crippen LogP contribution in [0.5, 0.6) is 0 Å². The number of benzene rings is 1. The van der Waals surface area contributed by atoms with Crippen molar-refractivity contribution >= 4 is 22.7 Å². The molecule has 0 unspecified atom stereocenters. The number of aromatic nitrogens is 1. The van der Waals surface area contributed by atoms with E-state index >= 15 is 0 Å². The minimum atomic E-state index is 0.556. The van der Waals surface area contributed by atoms with Gasteiger partial charge in [0, 0.05) is 19.8 Å². The van der Waals surface area contributed by atoms with Gasteiger partial charge in [0.05, 0.1) is 5.52 Å². The van der Waals surface area contributed by atoms with E-state index < -0.39 is 0 Å². The summed E-state index contributed by atoms with van der Waals surface area (Å²) in [7, 11) is 1.93. The Balaban J connectivity index is 2.11. The van der Waals surface area contributed by atoms with Gasteiger partial charge in [0.2, 0.25) is 0 Å². The van der Waals surface area contributed by atoms with E-state index in [1.807, 2.05) is 30.3 Å². The number of nitrogens with zero attached hydrogens (tertiary/aromatic N) is 3. The summed E-state index contributed by atoms with van der Waals surface area (Å²) in [5, 5.41) is 1.21. The second-order valence-electron chi connectivity index (χ2n) is 4.16. The second kappa shape index (κ2) is 3.66. The van der Waals surface area contributed by atoms with Crippen molar-refractivity contribution in [2.45, 2.75) is 0 Å². The van der Waals surface area contributed by atoms with Crippen molar-refractivity contribution in [1.29, 1.82) is 0 Å². The van der Waals surface area contributed by atoms with Crippen molar-refractivity contribution in [3.63, 3.8) is 0 Å². The first kappa shape index (κ1) is 9.96. The molecule has 2 heterocycles. The van der Waals surface area contributed by atoms with Crippen LogP contribution in [0.3, 0.4) is 0 Å². The fourth-order valence-electron chi connectivity index (χ4n) is 2.00. The molecule has 86 valence electrons. The fourth-order valence-corrected chi connectivity index (χ4v) is 2.00. The molecule has 1 aliphatic heterocycles. The fraction of sp³-hybridized carbons (Fsp3) is 0.154. The number of hydrogen-bond donors (Lipinski definition) is 1. The molecule has 3 rings (SSSR count). The molecule has 0 bridgehead atoms. The maximum Gasteiger partial charge on any atom is 0.197 e. The lowest BCUT2D eigenvalue weighted by atomic mass is 10.2. The van der Waals surface area contributed by atoms with E-state index in [-0.39, 0.29) is 0 Å². The summed E-state index contributed by atoms with van der Waals surface area (Å²) >= 11 is 0. The van der Waals surface area contributed by atoms with E-state index in [1.165, 1.54) is 5.39 Å². The molecule has 0 saturated carbocycles. The van der Waals surface area contributed by atoms with Crippen LogP contribution in [-0.2, 0) is 0 Å². The maximum absolute atomic E-state index is 5.84. The Hall–Kier alpha value is -2.23. The molecule has 2 aromatic rings. The van der Waals surface area contributed by atoms with Crippen molar-refractivity contribution in [1.82, 2.24) is 9.47 Å². The summed E-state index contributed by atoms with van der Waals surface area (Å²) in [6.45, 7) is 0.789. The van der Waals surface area contributed by atoms with Crippen LogP contribution >= 0.6 is 0 Å². The van der Waals surface area contributed by atoms with Gasteiger partial charge in [0.15, 0.2) is 5.96 Å². The molecule has 0 saturated heterocycles. The summed E-state index contributed by atoms with van der Waals surface area (Å²) in [4.78, 5) is 6.31. The molecule has 17 heavy (non-hydrogen) atoms. The molecule has 0 radical (unpaired) electrons. The number of hydrogen-bond acceptors (Lipinski definition) is 3. The molecule has 2 N–H and O–H groups in total. The third-order valence-corrected chi connectivity index (χ3v) is 3.01. The van der Waals surface area contributed by atoms with Crippen LogP contribution < -0.4 is 5.73 Å². The van der Waals surface area contributed by atoms with Gasteiger partial charge in [-0.05, 0) is 23.6 Å². The molecular formula is C13H14N4. The molecule has 1 aromatic carbocycles. The van der Waals surface area contributed by atoms with Crippen LogP contribution in [0, 0.1) is 0 Å². The summed E-state index contributed by atoms with van der Waals surface area (Å²) in [6.07, 6.45) is 4.10. The smallest absolute Gasteiger partial charge is 0.197 e. The number of guanidine groups is 1. The lowest BCUT2D eigenvalue weighted by Gasteiger charge is -2.21. The zero-order chi connectivity index (χ0) is 11.8. The SMILES string of the molecule is CN1CC=C(n2ccc3ccccc32)N=C1N. The number of nitrogens with two attached hydrogens (primary N) is 1. The van der Waals surface area contributed by atoms with Gasteiger partial charge in [-0.25, -0.2) is 0 Å². The zero-order valence-electron chi connectivity index (χ0n) is 9.67. The summed E-state index contributed by atoms with van der Waals surface area (Å²) in [6, 6.07) is 10.3. The minimum Gasteiger partial charge on any atom is -0.369 e. The van der Waals surface area contributed by atoms with Gasteiger partial charge < -0.3 is 15.2 Å². The van der Waals surface area contributed by atoms with Crippen molar-refractivity contribution in [2.24, 2.45) is 10.7 Å². The molecular weight excluding hydrogens is 212 g/mol. The van der Waals surface area contributed by atoms with Crippen LogP contribution in [0.25, 0.3) is 16.7 Å². The Bertz CT molecular complexity index is 621. The summed E-state index contributed by atoms with van der Waals surface area (Å²) < 4.78 is 2.06. The Kier molecular flexibility index (Phi) is 2.14. The standard InChI is InChI=1S/C13H14N4/c1-16-8-7-12(15-13(16)14)17-9-6-10-4-2-3-5-11(10)17/h2-7,9H,8H2,1H3,(H2,14,15). The predicted octanol–water partition coefficient (Wildman–Crippen LogP) is 1.70. The average molecular weight is 226 g/mol. The molecule has 1 aliphatic rings. The van der Waals surface area contributed by atoms with Gasteiger partial charge in [-0.2, -0.15) is 4.99 Å². The van der Waals surface area contributed by atoms with E-state index in [0.29, 0.717) is 5.96 Å². The Morgan fingerprint density at radius 1 is 1.24 bits per heavy atom. The minimum absolute atomic E-state index is 0.556. The van der Waals surface area contributed by atoms with Gasteiger partial charge in [0.25, 0.3) is 0 Å². The third kappa shape index (κ3) is 1.58. The van der Waals surface area contributed by atoms with Crippen LogP contribution in [0.4, 0.5) is 0 Å². The molecule has 0 aliphatic carbocycles. The molecule has 0 fully saturated rings. The first-order valence-electron chi connectivity index (χ1n) is 5.57. The van der Waals surface area contributed by atoms with Gasteiger partial charge >= 0.3 is 0 Å². The Morgan fingerprint density at radius 3 is 2.88 bits per heavy atom. The van der Waals surface area contributed by atoms with E-state index in [1.54, 1.807) is 0 Å². The normalized spacial score (nSPS) is 15.9. The average Bonchev–Trinajstić information content (AvgIpc) is 2.76. The highest BCUT2D eigenvalue weighted by molar-refractivity contribution is 5.88. The molecule has 4 heteroatoms. The van der Waals surface area contributed by atoms with Gasteiger partial charge in [-0.3, -0.25) is 0 Å². The summed E-state index contributed by atoms with van der Waals surface area (Å²) in [5.41, 5.74) is 6.99. The number of aliphatic imine (C=N–C) groups is 1. The first-order chi connectivity index (χ1) is 8.25. The number of para-hydroxylation sites is 1. The van der Waals surface area contributed by atoms with Crippen molar-refractivity contribution in [2.75, 3.05) is 13.6 Å². The number of likely N-dealkylation sites (N-methyl/N-ethyl adjacent to an activating group) is 1. The Morgan fingerprint density at radius 2 is 2.06 bits per heavy atom. The van der Waals surface area contributed by atoms with E-state index in [2.05, 4.69) is 33.8 Å². The highest BCUT2D eigenvalue weighted by Gasteiger charge is 2.11. The van der Waals surface area contributed by atoms with Crippen molar-refractivity contribution in [3.05, 3.63) is 42.6 Å². The van der Waals surface area contributed by atoms with Gasteiger partial charge in [-0.15, -0.1) is 0 Å². The van der Waals surface area contributed by atoms with Crippen molar-refractivity contribution < 1.29 is 0 Å². The first-order valence-corrected chi connectivity index (χ1v) is 5.57. The molecule has 0 spiro atoms. The third-order valence-electron chi connectivity index (χ3n) is 3.01. The van der Waals surface area contributed by atoms with E-state index in [9.17, 15) is 0 Å². The zero-order valence-corrected chi connectivity index (χ0v) is 9.67. The number of fused-ring (bicyclic) bond motifs is 1. The highest BCUT2D eigenvalue weighted by atomic mass is 15.3. The highest BCUT2D eigenvalue weighted by Crippen LogP contribution is 2.21. The topological polar surface area (TPSA) is 46.5 Å². The van der Waals surface area contributed by atoms with Crippen molar-refractivity contribution in [3.8, 4) is 0 Å². The van der Waals surface area contributed by atoms with E-state index in [4.69, 9.17) is 5.73 Å². The predicted molar refractivity (Wildman–Crippen MR) is 70.5 cm³/mol. The van der Waals surface area contributed by atoms with Crippen LogP contribution in [0.15, 0.2) is 47.6 Å². The number of rotatable bonds is 1. The molecule has 4 nitrogen and oxygen atoms in total. The molecule has 1 aromatic heterocycles. The summed E-state index contributed by atoms with van der Waals surface area (Å²) in [5.74, 6) is 1.45. The van der Waals surface area contributed by atoms with Gasteiger partial charge in [0.1, 0.15) is 5.82 Å². The largest absolute Gasteiger partial charge is 0.369 e. The second-order valence-corrected chi connectivity index (χ2v) is 4.16. The van der Waals surface area contributed by atoms with Crippen LogP contribution in [0.2, 0.25) is 0 Å². The van der Waals surface area contributed by atoms with Gasteiger partial charge in [-0.1, -0.05) is 18.2 Å². The van der Waals surface area contributed by atoms with Crippen LogP contribution in [0.1, 0.15) is 0 Å². The maximum atomic E-state index is 5.84.